The Labute approximate surface area is 126 Å². The van der Waals surface area contributed by atoms with Gasteiger partial charge in [-0.15, -0.1) is 0 Å². The molecule has 0 saturated carbocycles. The monoisotopic (exact) mass is 386 g/mol. The predicted molar refractivity (Wildman–Crippen MR) is 80.6 cm³/mol. The lowest BCUT2D eigenvalue weighted by molar-refractivity contribution is 0.102. The first-order valence-electron chi connectivity index (χ1n) is 5.29. The van der Waals surface area contributed by atoms with Crippen LogP contribution in [0.2, 0.25) is 0 Å². The highest BCUT2D eigenvalue weighted by Crippen LogP contribution is 2.27. The number of hydrogen-bond acceptors (Lipinski definition) is 2. The summed E-state index contributed by atoms with van der Waals surface area (Å²) >= 11 is 6.65. The smallest absolute Gasteiger partial charge is 0.257 e. The van der Waals surface area contributed by atoms with Crippen molar-refractivity contribution in [2.75, 3.05) is 11.1 Å². The Hall–Kier alpha value is -1.40. The molecule has 0 aliphatic rings. The molecule has 2 rings (SSSR count). The van der Waals surface area contributed by atoms with Crippen LogP contribution < -0.4 is 11.1 Å². The van der Waals surface area contributed by atoms with Gasteiger partial charge in [0, 0.05) is 14.6 Å². The largest absolute Gasteiger partial charge is 0.398 e. The van der Waals surface area contributed by atoms with Gasteiger partial charge in [-0.25, -0.2) is 4.39 Å². The topological polar surface area (TPSA) is 55.1 Å². The Morgan fingerprint density at radius 3 is 2.58 bits per heavy atom. The second-order valence-electron chi connectivity index (χ2n) is 3.81. The summed E-state index contributed by atoms with van der Waals surface area (Å²) < 4.78 is 14.5. The average Bonchev–Trinajstić information content (AvgIpc) is 2.33. The van der Waals surface area contributed by atoms with E-state index in [1.165, 1.54) is 12.1 Å². The number of carbonyl (C=O) groups is 1. The van der Waals surface area contributed by atoms with Crippen LogP contribution in [0, 0.1) is 5.82 Å². The number of rotatable bonds is 2. The Morgan fingerprint density at radius 1 is 1.16 bits per heavy atom. The van der Waals surface area contributed by atoms with Crippen LogP contribution in [-0.4, -0.2) is 5.91 Å². The number of benzene rings is 2. The number of nitrogens with one attached hydrogen (secondary N) is 1. The summed E-state index contributed by atoms with van der Waals surface area (Å²) in [5, 5.41) is 2.71. The van der Waals surface area contributed by atoms with E-state index < -0.39 is 11.7 Å². The van der Waals surface area contributed by atoms with Crippen molar-refractivity contribution in [3.05, 3.63) is 56.7 Å². The molecule has 98 valence electrons. The Bertz CT molecular complexity index is 647. The molecule has 0 heterocycles. The number of hydrogen-bond donors (Lipinski definition) is 2. The lowest BCUT2D eigenvalue weighted by atomic mass is 10.1. The molecule has 0 saturated heterocycles. The molecule has 0 aliphatic heterocycles. The fraction of sp³-hybridized carbons (Fsp3) is 0. The SMILES string of the molecule is Nc1cc(F)ccc1C(=O)Nc1cc(Br)ccc1Br. The molecule has 0 atom stereocenters. The molecule has 0 radical (unpaired) electrons. The second kappa shape index (κ2) is 5.71. The summed E-state index contributed by atoms with van der Waals surface area (Å²) in [5.74, 6) is -0.867. The van der Waals surface area contributed by atoms with Gasteiger partial charge in [0.1, 0.15) is 5.82 Å². The molecule has 2 aromatic rings. The molecule has 0 bridgehead atoms. The van der Waals surface area contributed by atoms with Crippen molar-refractivity contribution in [3.63, 3.8) is 0 Å². The van der Waals surface area contributed by atoms with E-state index in [0.29, 0.717) is 5.69 Å². The van der Waals surface area contributed by atoms with Gasteiger partial charge in [-0.1, -0.05) is 15.9 Å². The van der Waals surface area contributed by atoms with Crippen molar-refractivity contribution in [2.24, 2.45) is 0 Å². The second-order valence-corrected chi connectivity index (χ2v) is 5.58. The fourth-order valence-electron chi connectivity index (χ4n) is 1.52. The zero-order valence-electron chi connectivity index (χ0n) is 9.58. The number of carbonyl (C=O) groups excluding carboxylic acids is 1. The van der Waals surface area contributed by atoms with Crippen LogP contribution in [0.3, 0.4) is 0 Å². The Kier molecular flexibility index (Phi) is 4.21. The standard InChI is InChI=1S/C13H9Br2FN2O/c14-7-1-4-10(15)12(5-7)18-13(19)9-3-2-8(16)6-11(9)17/h1-6H,17H2,(H,18,19). The summed E-state index contributed by atoms with van der Waals surface area (Å²) in [4.78, 5) is 12.1. The fourth-order valence-corrected chi connectivity index (χ4v) is 2.23. The van der Waals surface area contributed by atoms with E-state index in [9.17, 15) is 9.18 Å². The molecule has 0 unspecified atom stereocenters. The van der Waals surface area contributed by atoms with Gasteiger partial charge in [0.05, 0.1) is 11.3 Å². The molecule has 0 aliphatic carbocycles. The minimum atomic E-state index is -0.474. The lowest BCUT2D eigenvalue weighted by Gasteiger charge is -2.09. The van der Waals surface area contributed by atoms with Crippen molar-refractivity contribution < 1.29 is 9.18 Å². The van der Waals surface area contributed by atoms with Crippen molar-refractivity contribution in [2.45, 2.75) is 0 Å². The van der Waals surface area contributed by atoms with Crippen LogP contribution in [0.4, 0.5) is 15.8 Å². The molecule has 3 nitrogen and oxygen atoms in total. The van der Waals surface area contributed by atoms with Gasteiger partial charge in [-0.3, -0.25) is 4.79 Å². The van der Waals surface area contributed by atoms with E-state index in [1.807, 2.05) is 6.07 Å². The van der Waals surface area contributed by atoms with Crippen molar-refractivity contribution in [3.8, 4) is 0 Å². The molecule has 19 heavy (non-hydrogen) atoms. The molecule has 2 aromatic carbocycles. The maximum Gasteiger partial charge on any atom is 0.257 e. The van der Waals surface area contributed by atoms with Gasteiger partial charge in [-0.05, 0) is 52.3 Å². The van der Waals surface area contributed by atoms with E-state index in [4.69, 9.17) is 5.73 Å². The Morgan fingerprint density at radius 2 is 1.89 bits per heavy atom. The third kappa shape index (κ3) is 3.33. The molecule has 0 fully saturated rings. The molecule has 0 aromatic heterocycles. The maximum absolute atomic E-state index is 12.9. The van der Waals surface area contributed by atoms with Gasteiger partial charge in [0.2, 0.25) is 0 Å². The first kappa shape index (κ1) is 14.0. The van der Waals surface area contributed by atoms with Crippen molar-refractivity contribution in [1.29, 1.82) is 0 Å². The third-order valence-electron chi connectivity index (χ3n) is 2.43. The lowest BCUT2D eigenvalue weighted by Crippen LogP contribution is -2.14. The average molecular weight is 388 g/mol. The third-order valence-corrected chi connectivity index (χ3v) is 3.62. The number of nitrogen functional groups attached to an aromatic ring is 1. The van der Waals surface area contributed by atoms with E-state index in [2.05, 4.69) is 37.2 Å². The van der Waals surface area contributed by atoms with Crippen molar-refractivity contribution >= 4 is 49.1 Å². The Balaban J connectivity index is 2.28. The number of anilines is 2. The van der Waals surface area contributed by atoms with Gasteiger partial charge in [-0.2, -0.15) is 0 Å². The quantitative estimate of drug-likeness (QED) is 0.759. The molecule has 6 heteroatoms. The van der Waals surface area contributed by atoms with Gasteiger partial charge < -0.3 is 11.1 Å². The summed E-state index contributed by atoms with van der Waals surface area (Å²) in [6.45, 7) is 0. The first-order chi connectivity index (χ1) is 8.97. The van der Waals surface area contributed by atoms with Crippen LogP contribution in [-0.2, 0) is 0 Å². The zero-order chi connectivity index (χ0) is 14.0. The summed E-state index contributed by atoms with van der Waals surface area (Å²) in [5.41, 5.74) is 6.55. The van der Waals surface area contributed by atoms with E-state index in [-0.39, 0.29) is 11.3 Å². The summed E-state index contributed by atoms with van der Waals surface area (Å²) in [6, 6.07) is 9.05. The normalized spacial score (nSPS) is 10.3. The molecule has 0 spiro atoms. The van der Waals surface area contributed by atoms with Crippen LogP contribution in [0.1, 0.15) is 10.4 Å². The highest BCUT2D eigenvalue weighted by molar-refractivity contribution is 9.11. The molecule has 3 N–H and O–H groups in total. The number of halogens is 3. The van der Waals surface area contributed by atoms with E-state index in [1.54, 1.807) is 12.1 Å². The van der Waals surface area contributed by atoms with Crippen LogP contribution in [0.25, 0.3) is 0 Å². The molecule has 1 amide bonds. The van der Waals surface area contributed by atoms with Crippen LogP contribution in [0.5, 0.6) is 0 Å². The highest BCUT2D eigenvalue weighted by atomic mass is 79.9. The van der Waals surface area contributed by atoms with Crippen LogP contribution >= 0.6 is 31.9 Å². The number of amides is 1. The predicted octanol–water partition coefficient (Wildman–Crippen LogP) is 4.19. The van der Waals surface area contributed by atoms with Crippen LogP contribution in [0.15, 0.2) is 45.3 Å². The van der Waals surface area contributed by atoms with Gasteiger partial charge in [0.25, 0.3) is 5.91 Å². The summed E-state index contributed by atoms with van der Waals surface area (Å²) in [7, 11) is 0. The van der Waals surface area contributed by atoms with Gasteiger partial charge >= 0.3 is 0 Å². The van der Waals surface area contributed by atoms with E-state index in [0.717, 1.165) is 15.0 Å². The zero-order valence-corrected chi connectivity index (χ0v) is 12.8. The first-order valence-corrected chi connectivity index (χ1v) is 6.87. The van der Waals surface area contributed by atoms with Gasteiger partial charge in [0.15, 0.2) is 0 Å². The maximum atomic E-state index is 12.9. The number of nitrogens with two attached hydrogens (primary N) is 1. The minimum absolute atomic E-state index is 0.101. The molecular weight excluding hydrogens is 379 g/mol. The molecular formula is C13H9Br2FN2O. The minimum Gasteiger partial charge on any atom is -0.398 e. The van der Waals surface area contributed by atoms with Crippen molar-refractivity contribution in [1.82, 2.24) is 0 Å². The summed E-state index contributed by atoms with van der Waals surface area (Å²) in [6.07, 6.45) is 0. The van der Waals surface area contributed by atoms with E-state index >= 15 is 0 Å². The highest BCUT2D eigenvalue weighted by Gasteiger charge is 2.12.